The van der Waals surface area contributed by atoms with Crippen LogP contribution in [0.2, 0.25) is 0 Å². The molecule has 4 heterocycles. The van der Waals surface area contributed by atoms with Gasteiger partial charge >= 0.3 is 0 Å². The van der Waals surface area contributed by atoms with E-state index in [9.17, 15) is 9.59 Å². The Morgan fingerprint density at radius 3 is 3.04 bits per heavy atom. The number of allylic oxidation sites excluding steroid dienone is 1. The van der Waals surface area contributed by atoms with Gasteiger partial charge in [0.05, 0.1) is 0 Å². The topological polar surface area (TPSA) is 75.2 Å². The fourth-order valence-electron chi connectivity index (χ4n) is 4.27. The fraction of sp³-hybridized carbons (Fsp3) is 0.333. The summed E-state index contributed by atoms with van der Waals surface area (Å²) in [5.74, 6) is 1.63. The first-order valence-corrected chi connectivity index (χ1v) is 10.4. The molecule has 1 N–H and O–H groups in total. The van der Waals surface area contributed by atoms with Gasteiger partial charge in [-0.2, -0.15) is 0 Å². The Kier molecular flexibility index (Phi) is 4.31. The number of carbonyl (C=O) groups is 2. The number of amides is 2. The van der Waals surface area contributed by atoms with Crippen LogP contribution in [0.3, 0.4) is 0 Å². The zero-order valence-corrected chi connectivity index (χ0v) is 16.1. The number of fused-ring (bicyclic) bond motifs is 2. The summed E-state index contributed by atoms with van der Waals surface area (Å²) in [6.07, 6.45) is 11.5. The van der Waals surface area contributed by atoms with Crippen molar-refractivity contribution in [2.75, 3.05) is 18.4 Å². The molecule has 142 valence electrons. The molecule has 6 nitrogen and oxygen atoms in total. The van der Waals surface area contributed by atoms with E-state index >= 15 is 0 Å². The van der Waals surface area contributed by atoms with E-state index in [-0.39, 0.29) is 11.8 Å². The van der Waals surface area contributed by atoms with Crippen LogP contribution in [0.4, 0.5) is 5.82 Å². The zero-order valence-electron chi connectivity index (χ0n) is 15.3. The van der Waals surface area contributed by atoms with Gasteiger partial charge in [-0.15, -0.1) is 11.3 Å². The molecule has 1 saturated heterocycles. The van der Waals surface area contributed by atoms with Crippen molar-refractivity contribution in [3.8, 4) is 0 Å². The minimum atomic E-state index is 0.00474. The number of pyridine rings is 1. The molecule has 2 aromatic heterocycles. The second kappa shape index (κ2) is 6.98. The summed E-state index contributed by atoms with van der Waals surface area (Å²) in [6, 6.07) is 1.99. The summed E-state index contributed by atoms with van der Waals surface area (Å²) < 4.78 is 0. The van der Waals surface area contributed by atoms with Gasteiger partial charge in [0, 0.05) is 43.4 Å². The number of aromatic nitrogens is 2. The largest absolute Gasteiger partial charge is 0.338 e. The third kappa shape index (κ3) is 3.26. The zero-order chi connectivity index (χ0) is 19.1. The summed E-state index contributed by atoms with van der Waals surface area (Å²) >= 11 is 1.68. The lowest BCUT2D eigenvalue weighted by Crippen LogP contribution is -2.27. The molecule has 0 bridgehead atoms. The van der Waals surface area contributed by atoms with Crippen LogP contribution in [-0.2, 0) is 16.0 Å². The van der Waals surface area contributed by atoms with E-state index in [1.54, 1.807) is 23.6 Å². The van der Waals surface area contributed by atoms with Crippen LogP contribution >= 0.6 is 11.3 Å². The highest BCUT2D eigenvalue weighted by Crippen LogP contribution is 2.41. The predicted octanol–water partition coefficient (Wildman–Crippen LogP) is 3.00. The van der Waals surface area contributed by atoms with Gasteiger partial charge in [0.2, 0.25) is 11.8 Å². The Hall–Kier alpha value is -2.80. The Morgan fingerprint density at radius 1 is 1.29 bits per heavy atom. The number of hydrogen-bond donors (Lipinski definition) is 1. The van der Waals surface area contributed by atoms with E-state index < -0.39 is 0 Å². The van der Waals surface area contributed by atoms with Gasteiger partial charge in [0.25, 0.3) is 0 Å². The van der Waals surface area contributed by atoms with E-state index in [0.29, 0.717) is 30.5 Å². The van der Waals surface area contributed by atoms with Gasteiger partial charge in [0.15, 0.2) is 0 Å². The van der Waals surface area contributed by atoms with E-state index in [4.69, 9.17) is 0 Å². The summed E-state index contributed by atoms with van der Waals surface area (Å²) in [7, 11) is 0. The van der Waals surface area contributed by atoms with Crippen molar-refractivity contribution in [2.45, 2.75) is 19.3 Å². The number of hydrogen-bond acceptors (Lipinski definition) is 5. The molecule has 7 heteroatoms. The molecule has 5 rings (SSSR count). The van der Waals surface area contributed by atoms with Crippen molar-refractivity contribution in [3.05, 3.63) is 52.1 Å². The lowest BCUT2D eigenvalue weighted by atomic mass is 10.00. The predicted molar refractivity (Wildman–Crippen MR) is 108 cm³/mol. The Labute approximate surface area is 167 Å². The number of thiazole rings is 1. The molecule has 3 aliphatic rings. The van der Waals surface area contributed by atoms with E-state index in [1.165, 1.54) is 5.57 Å². The quantitative estimate of drug-likeness (QED) is 0.815. The van der Waals surface area contributed by atoms with Crippen LogP contribution in [0.15, 0.2) is 36.0 Å². The molecule has 2 aliphatic heterocycles. The number of anilines is 1. The van der Waals surface area contributed by atoms with Crippen molar-refractivity contribution < 1.29 is 9.59 Å². The van der Waals surface area contributed by atoms with Crippen LogP contribution in [0, 0.1) is 11.8 Å². The molecule has 0 saturated carbocycles. The maximum absolute atomic E-state index is 12.6. The molecule has 0 radical (unpaired) electrons. The van der Waals surface area contributed by atoms with E-state index in [2.05, 4.69) is 21.4 Å². The molecule has 2 atom stereocenters. The third-order valence-electron chi connectivity index (χ3n) is 5.69. The van der Waals surface area contributed by atoms with Gasteiger partial charge < -0.3 is 10.2 Å². The van der Waals surface area contributed by atoms with Crippen LogP contribution in [0.5, 0.6) is 0 Å². The molecule has 2 unspecified atom stereocenters. The second-order valence-corrected chi connectivity index (χ2v) is 8.45. The highest BCUT2D eigenvalue weighted by Gasteiger charge is 2.38. The summed E-state index contributed by atoms with van der Waals surface area (Å²) in [5.41, 5.74) is 3.23. The maximum Gasteiger partial charge on any atom is 0.246 e. The normalized spacial score (nSPS) is 23.5. The number of nitrogens with one attached hydrogen (secondary N) is 1. The van der Waals surface area contributed by atoms with E-state index in [1.807, 2.05) is 28.6 Å². The van der Waals surface area contributed by atoms with Gasteiger partial charge in [-0.3, -0.25) is 9.59 Å². The van der Waals surface area contributed by atoms with Crippen LogP contribution in [-0.4, -0.2) is 39.8 Å². The van der Waals surface area contributed by atoms with Gasteiger partial charge in [0.1, 0.15) is 10.8 Å². The monoisotopic (exact) mass is 392 g/mol. The third-order valence-corrected chi connectivity index (χ3v) is 6.54. The molecule has 28 heavy (non-hydrogen) atoms. The first-order valence-electron chi connectivity index (χ1n) is 9.52. The average molecular weight is 392 g/mol. The van der Waals surface area contributed by atoms with Crippen molar-refractivity contribution in [1.82, 2.24) is 14.9 Å². The molecule has 2 aromatic rings. The summed E-state index contributed by atoms with van der Waals surface area (Å²) in [6.45, 7) is 1.57. The molecule has 1 fully saturated rings. The smallest absolute Gasteiger partial charge is 0.246 e. The Bertz CT molecular complexity index is 996. The van der Waals surface area contributed by atoms with Crippen molar-refractivity contribution in [1.29, 1.82) is 0 Å². The van der Waals surface area contributed by atoms with E-state index in [0.717, 1.165) is 35.6 Å². The maximum atomic E-state index is 12.6. The van der Waals surface area contributed by atoms with Crippen LogP contribution < -0.4 is 5.32 Å². The summed E-state index contributed by atoms with van der Waals surface area (Å²) in [5, 5.41) is 5.90. The molecule has 0 aromatic carbocycles. The Balaban J connectivity index is 1.23. The molecular weight excluding hydrogens is 372 g/mol. The van der Waals surface area contributed by atoms with Gasteiger partial charge in [-0.05, 0) is 53.5 Å². The first-order chi connectivity index (χ1) is 13.7. The number of aryl methyl sites for hydroxylation is 1. The van der Waals surface area contributed by atoms with Crippen molar-refractivity contribution in [2.24, 2.45) is 11.8 Å². The van der Waals surface area contributed by atoms with Gasteiger partial charge in [-0.25, -0.2) is 9.97 Å². The average Bonchev–Trinajstić information content (AvgIpc) is 3.41. The summed E-state index contributed by atoms with van der Waals surface area (Å²) in [4.78, 5) is 34.7. The fourth-order valence-corrected chi connectivity index (χ4v) is 4.94. The minimum Gasteiger partial charge on any atom is -0.338 e. The Morgan fingerprint density at radius 2 is 2.21 bits per heavy atom. The highest BCUT2D eigenvalue weighted by molar-refractivity contribution is 7.10. The lowest BCUT2D eigenvalue weighted by molar-refractivity contribution is -0.125. The first kappa shape index (κ1) is 17.3. The standard InChI is InChI=1S/C21H20N4O2S/c26-18-3-2-14-7-13(10-23-20(14)24-18)1-4-19(27)25-11-16-8-15(9-17(16)12-25)21-22-5-6-28-21/h1,4-8,10,16-17H,2-3,9,11-12H2,(H,23,24,26). The second-order valence-electron chi connectivity index (χ2n) is 7.56. The minimum absolute atomic E-state index is 0.00474. The SMILES string of the molecule is O=C1CCc2cc(C=CC(=O)N3CC4C=C(c5nccs5)CC4C3)cnc2N1. The molecule has 2 amide bonds. The van der Waals surface area contributed by atoms with Gasteiger partial charge in [-0.1, -0.05) is 6.08 Å². The van der Waals surface area contributed by atoms with Crippen molar-refractivity contribution in [3.63, 3.8) is 0 Å². The number of rotatable bonds is 3. The number of carbonyl (C=O) groups excluding carboxylic acids is 2. The number of nitrogens with zero attached hydrogens (tertiary/aromatic N) is 3. The van der Waals surface area contributed by atoms with Crippen LogP contribution in [0.1, 0.15) is 29.0 Å². The molecular formula is C21H20N4O2S. The molecule has 1 aliphatic carbocycles. The highest BCUT2D eigenvalue weighted by atomic mass is 32.1. The number of likely N-dealkylation sites (tertiary alicyclic amines) is 1. The van der Waals surface area contributed by atoms with Crippen LogP contribution in [0.25, 0.3) is 11.6 Å². The molecule has 0 spiro atoms. The lowest BCUT2D eigenvalue weighted by Gasteiger charge is -2.16. The van der Waals surface area contributed by atoms with Crippen molar-refractivity contribution >= 4 is 40.6 Å².